The molecule has 0 aliphatic heterocycles. The smallest absolute Gasteiger partial charge is 0.0143 e. The Bertz CT molecular complexity index is 35.2. The molecule has 0 rings (SSSR count). The Morgan fingerprint density at radius 1 is 1.43 bits per heavy atom. The van der Waals surface area contributed by atoms with Crippen LogP contribution in [0.3, 0.4) is 0 Å². The van der Waals surface area contributed by atoms with Gasteiger partial charge in [-0.15, -0.1) is 0 Å². The molecule has 44 valence electrons. The summed E-state index contributed by atoms with van der Waals surface area (Å²) in [7, 11) is 0. The van der Waals surface area contributed by atoms with Crippen LogP contribution in [0.4, 0.5) is 0 Å². The van der Waals surface area contributed by atoms with Gasteiger partial charge in [0.25, 0.3) is 0 Å². The summed E-state index contributed by atoms with van der Waals surface area (Å²) in [5, 5.41) is 0. The maximum Gasteiger partial charge on any atom is 0.0143 e. The van der Waals surface area contributed by atoms with Crippen molar-refractivity contribution in [3.8, 4) is 0 Å². The van der Waals surface area contributed by atoms with Crippen molar-refractivity contribution in [3.63, 3.8) is 0 Å². The van der Waals surface area contributed by atoms with Crippen LogP contribution < -0.4 is 0 Å². The predicted molar refractivity (Wildman–Crippen MR) is 37.9 cm³/mol. The molecule has 0 nitrogen and oxygen atoms in total. The molecule has 0 aromatic carbocycles. The van der Waals surface area contributed by atoms with Crippen LogP contribution in [0.25, 0.3) is 0 Å². The van der Waals surface area contributed by atoms with E-state index in [-0.39, 0.29) is 0 Å². The maximum absolute atomic E-state index is 3.54. The number of alkyl halides is 1. The average Bonchev–Trinajstić information content (AvgIpc) is 1.68. The zero-order chi connectivity index (χ0) is 5.70. The normalized spacial score (nSPS) is 14.1. The van der Waals surface area contributed by atoms with Crippen LogP contribution in [-0.2, 0) is 0 Å². The second-order valence-corrected chi connectivity index (χ2v) is 3.09. The van der Waals surface area contributed by atoms with Gasteiger partial charge >= 0.3 is 0 Å². The van der Waals surface area contributed by atoms with E-state index < -0.39 is 0 Å². The van der Waals surface area contributed by atoms with Crippen LogP contribution >= 0.6 is 15.9 Å². The highest BCUT2D eigenvalue weighted by atomic mass is 79.9. The number of rotatable bonds is 3. The van der Waals surface area contributed by atoms with Crippen LogP contribution in [-0.4, -0.2) is 4.83 Å². The fourth-order valence-electron chi connectivity index (χ4n) is 0.517. The van der Waals surface area contributed by atoms with E-state index in [2.05, 4.69) is 29.8 Å². The first-order chi connectivity index (χ1) is 3.31. The molecule has 0 amide bonds. The lowest BCUT2D eigenvalue weighted by Gasteiger charge is -2.00. The molecule has 0 saturated heterocycles. The largest absolute Gasteiger partial charge is 0.0891 e. The lowest BCUT2D eigenvalue weighted by atomic mass is 10.2. The summed E-state index contributed by atoms with van der Waals surface area (Å²) >= 11 is 3.54. The zero-order valence-electron chi connectivity index (χ0n) is 5.08. The third-order valence-electron chi connectivity index (χ3n) is 1.04. The Balaban J connectivity index is 2.83. The molecule has 0 aromatic rings. The quantitative estimate of drug-likeness (QED) is 0.564. The summed E-state index contributed by atoms with van der Waals surface area (Å²) in [5.74, 6) is 0. The first-order valence-corrected chi connectivity index (χ1v) is 3.86. The van der Waals surface area contributed by atoms with Crippen molar-refractivity contribution in [3.05, 3.63) is 0 Å². The standard InChI is InChI=1S/C6H13Br/c1-3-5-6(7)4-2/h6H,3-5H2,1-2H3/t6-/m0/s1. The number of hydrogen-bond donors (Lipinski definition) is 0. The van der Waals surface area contributed by atoms with Crippen molar-refractivity contribution >= 4 is 15.9 Å². The maximum atomic E-state index is 3.54. The SMILES string of the molecule is CCC[C@@H](Br)CC. The second-order valence-electron chi connectivity index (χ2n) is 1.79. The van der Waals surface area contributed by atoms with Crippen LogP contribution in [0.2, 0.25) is 0 Å². The van der Waals surface area contributed by atoms with Crippen molar-refractivity contribution in [2.45, 2.75) is 37.9 Å². The number of hydrogen-bond acceptors (Lipinski definition) is 0. The fourth-order valence-corrected chi connectivity index (χ4v) is 0.975. The van der Waals surface area contributed by atoms with Gasteiger partial charge < -0.3 is 0 Å². The van der Waals surface area contributed by atoms with Crippen molar-refractivity contribution in [1.29, 1.82) is 0 Å². The van der Waals surface area contributed by atoms with E-state index in [0.29, 0.717) is 0 Å². The minimum Gasteiger partial charge on any atom is -0.0891 e. The monoisotopic (exact) mass is 164 g/mol. The zero-order valence-corrected chi connectivity index (χ0v) is 6.66. The Morgan fingerprint density at radius 3 is 2.14 bits per heavy atom. The molecule has 7 heavy (non-hydrogen) atoms. The lowest BCUT2D eigenvalue weighted by Crippen LogP contribution is -1.91. The van der Waals surface area contributed by atoms with Gasteiger partial charge in [0.1, 0.15) is 0 Å². The number of halogens is 1. The topological polar surface area (TPSA) is 0 Å². The third-order valence-corrected chi connectivity index (χ3v) is 2.15. The Morgan fingerprint density at radius 2 is 2.00 bits per heavy atom. The van der Waals surface area contributed by atoms with Gasteiger partial charge in [-0.2, -0.15) is 0 Å². The molecule has 1 atom stereocenters. The van der Waals surface area contributed by atoms with E-state index in [1.54, 1.807) is 0 Å². The van der Waals surface area contributed by atoms with Crippen molar-refractivity contribution in [1.82, 2.24) is 0 Å². The highest BCUT2D eigenvalue weighted by molar-refractivity contribution is 9.09. The summed E-state index contributed by atoms with van der Waals surface area (Å²) in [6, 6.07) is 0. The highest BCUT2D eigenvalue weighted by Crippen LogP contribution is 2.10. The highest BCUT2D eigenvalue weighted by Gasteiger charge is 1.94. The van der Waals surface area contributed by atoms with E-state index in [9.17, 15) is 0 Å². The van der Waals surface area contributed by atoms with Gasteiger partial charge in [-0.3, -0.25) is 0 Å². The summed E-state index contributed by atoms with van der Waals surface area (Å²) in [6.07, 6.45) is 3.87. The van der Waals surface area contributed by atoms with Crippen molar-refractivity contribution in [2.75, 3.05) is 0 Å². The van der Waals surface area contributed by atoms with Gasteiger partial charge in [-0.1, -0.05) is 36.2 Å². The van der Waals surface area contributed by atoms with Gasteiger partial charge in [0.15, 0.2) is 0 Å². The predicted octanol–water partition coefficient (Wildman–Crippen LogP) is 2.96. The Labute approximate surface area is 54.4 Å². The second kappa shape index (κ2) is 4.63. The molecule has 0 spiro atoms. The minimum atomic E-state index is 0.762. The summed E-state index contributed by atoms with van der Waals surface area (Å²) < 4.78 is 0. The van der Waals surface area contributed by atoms with Gasteiger partial charge in [0.2, 0.25) is 0 Å². The fraction of sp³-hybridized carbons (Fsp3) is 1.00. The molecular formula is C6H13Br. The summed E-state index contributed by atoms with van der Waals surface area (Å²) in [4.78, 5) is 0.762. The molecule has 0 aromatic heterocycles. The van der Waals surface area contributed by atoms with Crippen LogP contribution in [0.1, 0.15) is 33.1 Å². The van der Waals surface area contributed by atoms with E-state index in [1.165, 1.54) is 19.3 Å². The molecule has 0 saturated carbocycles. The first-order valence-electron chi connectivity index (χ1n) is 2.95. The Kier molecular flexibility index (Phi) is 4.95. The summed E-state index contributed by atoms with van der Waals surface area (Å²) in [5.41, 5.74) is 0. The van der Waals surface area contributed by atoms with Crippen molar-refractivity contribution < 1.29 is 0 Å². The third kappa shape index (κ3) is 4.33. The van der Waals surface area contributed by atoms with E-state index in [4.69, 9.17) is 0 Å². The van der Waals surface area contributed by atoms with Gasteiger partial charge in [-0.05, 0) is 12.8 Å². The van der Waals surface area contributed by atoms with Gasteiger partial charge in [0, 0.05) is 4.83 Å². The molecule has 0 bridgehead atoms. The molecule has 0 unspecified atom stereocenters. The van der Waals surface area contributed by atoms with Crippen LogP contribution in [0, 0.1) is 0 Å². The van der Waals surface area contributed by atoms with Gasteiger partial charge in [0.05, 0.1) is 0 Å². The minimum absolute atomic E-state index is 0.762. The molecule has 0 radical (unpaired) electrons. The molecule has 0 aliphatic rings. The molecule has 0 aliphatic carbocycles. The molecule has 0 N–H and O–H groups in total. The van der Waals surface area contributed by atoms with E-state index >= 15 is 0 Å². The van der Waals surface area contributed by atoms with Crippen molar-refractivity contribution in [2.24, 2.45) is 0 Å². The average molecular weight is 165 g/mol. The molecular weight excluding hydrogens is 152 g/mol. The molecule has 0 heterocycles. The first kappa shape index (κ1) is 7.48. The molecule has 0 fully saturated rings. The molecule has 1 heteroatoms. The summed E-state index contributed by atoms with van der Waals surface area (Å²) in [6.45, 7) is 4.42. The van der Waals surface area contributed by atoms with Crippen LogP contribution in [0.5, 0.6) is 0 Å². The lowest BCUT2D eigenvalue weighted by molar-refractivity contribution is 0.730. The van der Waals surface area contributed by atoms with Gasteiger partial charge in [-0.25, -0.2) is 0 Å². The van der Waals surface area contributed by atoms with E-state index in [0.717, 1.165) is 4.83 Å². The van der Waals surface area contributed by atoms with E-state index in [1.807, 2.05) is 0 Å². The Hall–Kier alpha value is 0.480. The van der Waals surface area contributed by atoms with Crippen LogP contribution in [0.15, 0.2) is 0 Å².